The van der Waals surface area contributed by atoms with Crippen LogP contribution < -0.4 is 0 Å². The Bertz CT molecular complexity index is 787. The molecule has 0 amide bonds. The summed E-state index contributed by atoms with van der Waals surface area (Å²) in [5.74, 6) is 0. The summed E-state index contributed by atoms with van der Waals surface area (Å²) in [4.78, 5) is 2.75. The van der Waals surface area contributed by atoms with Crippen molar-refractivity contribution in [2.45, 2.75) is 0 Å². The summed E-state index contributed by atoms with van der Waals surface area (Å²) < 4.78 is 2.81. The average Bonchev–Trinajstić information content (AvgIpc) is 3.08. The highest BCUT2D eigenvalue weighted by Gasteiger charge is 2.08. The minimum absolute atomic E-state index is 1.37. The lowest BCUT2D eigenvalue weighted by Gasteiger charge is -1.90. The predicted molar refractivity (Wildman–Crippen MR) is 80.5 cm³/mol. The first-order chi connectivity index (χ1) is 8.42. The van der Waals surface area contributed by atoms with Gasteiger partial charge in [-0.25, -0.2) is 0 Å². The second kappa shape index (κ2) is 3.67. The quantitative estimate of drug-likeness (QED) is 0.408. The Morgan fingerprint density at radius 1 is 0.824 bits per heavy atom. The van der Waals surface area contributed by atoms with Gasteiger partial charge >= 0.3 is 0 Å². The Morgan fingerprint density at radius 2 is 1.82 bits per heavy atom. The molecule has 0 aliphatic carbocycles. The molecule has 0 atom stereocenters. The number of benzene rings is 1. The van der Waals surface area contributed by atoms with Crippen molar-refractivity contribution in [1.82, 2.24) is 0 Å². The predicted octanol–water partition coefficient (Wildman–Crippen LogP) is 5.84. The Morgan fingerprint density at radius 3 is 2.71 bits per heavy atom. The lowest BCUT2D eigenvalue weighted by molar-refractivity contribution is 1.95. The molecular weight excluding hydrogens is 264 g/mol. The van der Waals surface area contributed by atoms with Gasteiger partial charge in [-0.05, 0) is 40.4 Å². The van der Waals surface area contributed by atoms with Crippen LogP contribution in [0.1, 0.15) is 0 Å². The van der Waals surface area contributed by atoms with E-state index in [0.29, 0.717) is 0 Å². The van der Waals surface area contributed by atoms with Gasteiger partial charge in [-0.2, -0.15) is 0 Å². The normalized spacial score (nSPS) is 11.5. The number of hydrogen-bond acceptors (Lipinski definition) is 3. The third kappa shape index (κ3) is 1.47. The van der Waals surface area contributed by atoms with Crippen LogP contribution in [0.2, 0.25) is 0 Å². The molecule has 4 aromatic rings. The fourth-order valence-corrected chi connectivity index (χ4v) is 4.95. The van der Waals surface area contributed by atoms with E-state index >= 15 is 0 Å². The van der Waals surface area contributed by atoms with Gasteiger partial charge in [0.05, 0.1) is 0 Å². The van der Waals surface area contributed by atoms with Crippen LogP contribution in [-0.2, 0) is 0 Å². The molecule has 3 heterocycles. The van der Waals surface area contributed by atoms with Gasteiger partial charge in [-0.15, -0.1) is 34.0 Å². The molecule has 0 aliphatic heterocycles. The standard InChI is InChI=1S/C14H8S3/c1-2-12(15-6-1)13-8-9-3-4-11-10(5-7-16-11)14(9)17-13/h1-8H. The molecule has 4 rings (SSSR count). The molecule has 0 spiro atoms. The summed E-state index contributed by atoms with van der Waals surface area (Å²) in [6.07, 6.45) is 0. The summed E-state index contributed by atoms with van der Waals surface area (Å²) in [7, 11) is 0. The van der Waals surface area contributed by atoms with E-state index in [1.54, 1.807) is 0 Å². The summed E-state index contributed by atoms with van der Waals surface area (Å²) in [5.41, 5.74) is 0. The molecule has 82 valence electrons. The molecule has 17 heavy (non-hydrogen) atoms. The van der Waals surface area contributed by atoms with Gasteiger partial charge in [0.1, 0.15) is 0 Å². The maximum atomic E-state index is 2.31. The van der Waals surface area contributed by atoms with Crippen LogP contribution in [0.4, 0.5) is 0 Å². The van der Waals surface area contributed by atoms with Crippen molar-refractivity contribution in [3.05, 3.63) is 47.2 Å². The molecule has 0 bridgehead atoms. The third-order valence-corrected chi connectivity index (χ3v) is 6.01. The Balaban J connectivity index is 2.09. The fraction of sp³-hybridized carbons (Fsp3) is 0. The topological polar surface area (TPSA) is 0 Å². The maximum Gasteiger partial charge on any atom is 0.0455 e. The molecule has 1 aromatic carbocycles. The highest BCUT2D eigenvalue weighted by Crippen LogP contribution is 2.40. The van der Waals surface area contributed by atoms with Crippen LogP contribution in [0, 0.1) is 0 Å². The highest BCUT2D eigenvalue weighted by molar-refractivity contribution is 7.27. The van der Waals surface area contributed by atoms with E-state index in [1.807, 2.05) is 34.0 Å². The summed E-state index contributed by atoms with van der Waals surface area (Å²) in [6, 6.07) is 13.3. The summed E-state index contributed by atoms with van der Waals surface area (Å²) in [6.45, 7) is 0. The third-order valence-electron chi connectivity index (χ3n) is 2.88. The van der Waals surface area contributed by atoms with Crippen molar-refractivity contribution in [2.24, 2.45) is 0 Å². The molecule has 0 saturated carbocycles. The van der Waals surface area contributed by atoms with Crippen LogP contribution in [0.3, 0.4) is 0 Å². The van der Waals surface area contributed by atoms with Crippen LogP contribution in [0.25, 0.3) is 29.9 Å². The van der Waals surface area contributed by atoms with Crippen molar-refractivity contribution in [1.29, 1.82) is 0 Å². The molecule has 3 aromatic heterocycles. The van der Waals surface area contributed by atoms with E-state index < -0.39 is 0 Å². The Labute approximate surface area is 111 Å². The molecule has 0 aliphatic rings. The second-order valence-corrected chi connectivity index (χ2v) is 6.85. The van der Waals surface area contributed by atoms with E-state index in [2.05, 4.69) is 47.2 Å². The lowest BCUT2D eigenvalue weighted by Crippen LogP contribution is -1.62. The Hall–Kier alpha value is -1.16. The number of rotatable bonds is 1. The van der Waals surface area contributed by atoms with Crippen molar-refractivity contribution in [3.63, 3.8) is 0 Å². The largest absolute Gasteiger partial charge is 0.144 e. The molecule has 0 radical (unpaired) electrons. The molecule has 0 nitrogen and oxygen atoms in total. The van der Waals surface area contributed by atoms with Gasteiger partial charge in [0.15, 0.2) is 0 Å². The van der Waals surface area contributed by atoms with Gasteiger partial charge < -0.3 is 0 Å². The van der Waals surface area contributed by atoms with E-state index in [-0.39, 0.29) is 0 Å². The first-order valence-corrected chi connectivity index (χ1v) is 7.93. The number of thiophene rings is 3. The summed E-state index contributed by atoms with van der Waals surface area (Å²) in [5, 5.41) is 7.08. The smallest absolute Gasteiger partial charge is 0.0455 e. The van der Waals surface area contributed by atoms with Crippen molar-refractivity contribution >= 4 is 54.2 Å². The zero-order chi connectivity index (χ0) is 11.2. The molecule has 0 fully saturated rings. The van der Waals surface area contributed by atoms with Crippen molar-refractivity contribution in [2.75, 3.05) is 0 Å². The summed E-state index contributed by atoms with van der Waals surface area (Å²) >= 11 is 5.54. The molecule has 0 saturated heterocycles. The lowest BCUT2D eigenvalue weighted by atomic mass is 10.2. The van der Waals surface area contributed by atoms with Crippen LogP contribution >= 0.6 is 34.0 Å². The van der Waals surface area contributed by atoms with Crippen LogP contribution in [0.15, 0.2) is 47.2 Å². The average molecular weight is 272 g/mol. The van der Waals surface area contributed by atoms with Crippen LogP contribution in [0.5, 0.6) is 0 Å². The minimum atomic E-state index is 1.37. The zero-order valence-corrected chi connectivity index (χ0v) is 11.3. The van der Waals surface area contributed by atoms with Gasteiger partial charge in [-0.3, -0.25) is 0 Å². The van der Waals surface area contributed by atoms with E-state index in [4.69, 9.17) is 0 Å². The molecular formula is C14H8S3. The molecule has 0 N–H and O–H groups in total. The number of fused-ring (bicyclic) bond motifs is 3. The maximum absolute atomic E-state index is 2.31. The number of hydrogen-bond donors (Lipinski definition) is 0. The first kappa shape index (κ1) is 9.83. The first-order valence-electron chi connectivity index (χ1n) is 5.35. The van der Waals surface area contributed by atoms with Crippen LogP contribution in [-0.4, -0.2) is 0 Å². The van der Waals surface area contributed by atoms with Crippen molar-refractivity contribution < 1.29 is 0 Å². The Kier molecular flexibility index (Phi) is 2.12. The van der Waals surface area contributed by atoms with Gasteiger partial charge in [-0.1, -0.05) is 12.1 Å². The SMILES string of the molecule is c1csc(-c2cc3ccc4sccc4c3s2)c1. The monoisotopic (exact) mass is 272 g/mol. The molecule has 3 heteroatoms. The van der Waals surface area contributed by atoms with Gasteiger partial charge in [0, 0.05) is 24.5 Å². The second-order valence-electron chi connectivity index (χ2n) is 3.90. The van der Waals surface area contributed by atoms with Gasteiger partial charge in [0.2, 0.25) is 0 Å². The molecule has 0 unspecified atom stereocenters. The fourth-order valence-electron chi connectivity index (χ4n) is 2.08. The minimum Gasteiger partial charge on any atom is -0.144 e. The van der Waals surface area contributed by atoms with Crippen molar-refractivity contribution in [3.8, 4) is 9.75 Å². The van der Waals surface area contributed by atoms with E-state index in [9.17, 15) is 0 Å². The zero-order valence-electron chi connectivity index (χ0n) is 8.84. The highest BCUT2D eigenvalue weighted by atomic mass is 32.1. The van der Waals surface area contributed by atoms with E-state index in [1.165, 1.54) is 29.9 Å². The van der Waals surface area contributed by atoms with Gasteiger partial charge in [0.25, 0.3) is 0 Å². The van der Waals surface area contributed by atoms with E-state index in [0.717, 1.165) is 0 Å².